The first-order valence-corrected chi connectivity index (χ1v) is 5.51. The summed E-state index contributed by atoms with van der Waals surface area (Å²) in [5.41, 5.74) is -1.55. The normalized spacial score (nSPS) is 34.7. The molecule has 0 radical (unpaired) electrons. The van der Waals surface area contributed by atoms with Crippen molar-refractivity contribution in [3.05, 3.63) is 32.6 Å². The number of aryl methyl sites for hydroxylation is 1. The fourth-order valence-corrected chi connectivity index (χ4v) is 1.94. The van der Waals surface area contributed by atoms with Crippen molar-refractivity contribution in [3.8, 4) is 0 Å². The molecule has 1 aromatic rings. The van der Waals surface area contributed by atoms with Gasteiger partial charge in [-0.1, -0.05) is 0 Å². The van der Waals surface area contributed by atoms with Crippen LogP contribution in [0.2, 0.25) is 0 Å². The molecule has 0 aliphatic carbocycles. The molecule has 19 heavy (non-hydrogen) atoms. The van der Waals surface area contributed by atoms with E-state index >= 15 is 0 Å². The standard InChI is InChI=1S/C10H14N2O7/c1-4-2-12(9(17)11-8(4)16)10(18)7(15)6(14)5(3-13)19-10/h2,5-7,13-15,18H,3H2,1H3,(H,11,16,17)/t5-,6-,7+,10-/m0/s1. The summed E-state index contributed by atoms with van der Waals surface area (Å²) in [5.74, 6) is -2.56. The third-order valence-corrected chi connectivity index (χ3v) is 3.06. The number of aromatic nitrogens is 2. The van der Waals surface area contributed by atoms with Crippen molar-refractivity contribution in [3.63, 3.8) is 0 Å². The SMILES string of the molecule is Cc1cn([C@@]2(O)O[C@@H](CO)[C@H](O)[C@H]2O)c(=O)[nH]c1=O. The van der Waals surface area contributed by atoms with Gasteiger partial charge in [-0.15, -0.1) is 0 Å². The average Bonchev–Trinajstić information content (AvgIpc) is 2.59. The lowest BCUT2D eigenvalue weighted by Gasteiger charge is -2.27. The molecule has 0 saturated carbocycles. The Labute approximate surface area is 106 Å². The molecule has 2 heterocycles. The highest BCUT2D eigenvalue weighted by Crippen LogP contribution is 2.32. The van der Waals surface area contributed by atoms with Crippen molar-refractivity contribution in [1.82, 2.24) is 9.55 Å². The van der Waals surface area contributed by atoms with Gasteiger partial charge in [0.05, 0.1) is 6.61 Å². The fraction of sp³-hybridized carbons (Fsp3) is 0.600. The zero-order valence-electron chi connectivity index (χ0n) is 9.98. The van der Waals surface area contributed by atoms with E-state index in [1.807, 2.05) is 4.98 Å². The molecule has 4 atom stereocenters. The number of H-pyrrole nitrogens is 1. The van der Waals surface area contributed by atoms with Crippen LogP contribution >= 0.6 is 0 Å². The Morgan fingerprint density at radius 3 is 2.63 bits per heavy atom. The van der Waals surface area contributed by atoms with E-state index in [1.54, 1.807) is 0 Å². The summed E-state index contributed by atoms with van der Waals surface area (Å²) in [7, 11) is 0. The topological polar surface area (TPSA) is 145 Å². The number of hydrogen-bond acceptors (Lipinski definition) is 7. The highest BCUT2D eigenvalue weighted by molar-refractivity contribution is 5.04. The van der Waals surface area contributed by atoms with Gasteiger partial charge in [-0.25, -0.2) is 9.36 Å². The van der Waals surface area contributed by atoms with Crippen LogP contribution in [-0.4, -0.2) is 54.9 Å². The van der Waals surface area contributed by atoms with Crippen molar-refractivity contribution in [1.29, 1.82) is 0 Å². The van der Waals surface area contributed by atoms with Crippen LogP contribution in [-0.2, 0) is 10.6 Å². The second kappa shape index (κ2) is 4.54. The van der Waals surface area contributed by atoms with Crippen LogP contribution in [0.4, 0.5) is 0 Å². The number of aliphatic hydroxyl groups excluding tert-OH is 3. The van der Waals surface area contributed by atoms with Crippen molar-refractivity contribution in [2.75, 3.05) is 6.61 Å². The van der Waals surface area contributed by atoms with E-state index in [-0.39, 0.29) is 5.56 Å². The van der Waals surface area contributed by atoms with E-state index in [1.165, 1.54) is 6.92 Å². The van der Waals surface area contributed by atoms with E-state index in [2.05, 4.69) is 0 Å². The Bertz CT molecular complexity index is 594. The molecule has 106 valence electrons. The second-order valence-corrected chi connectivity index (χ2v) is 4.37. The summed E-state index contributed by atoms with van der Waals surface area (Å²) in [4.78, 5) is 24.8. The molecule has 1 fully saturated rings. The molecule has 5 N–H and O–H groups in total. The summed E-state index contributed by atoms with van der Waals surface area (Å²) < 4.78 is 5.49. The summed E-state index contributed by atoms with van der Waals surface area (Å²) in [5, 5.41) is 38.5. The molecule has 2 rings (SSSR count). The number of aliphatic hydroxyl groups is 4. The van der Waals surface area contributed by atoms with Gasteiger partial charge in [-0.2, -0.15) is 0 Å². The lowest BCUT2D eigenvalue weighted by atomic mass is 10.1. The Hall–Kier alpha value is -1.52. The minimum Gasteiger partial charge on any atom is -0.394 e. The van der Waals surface area contributed by atoms with Crippen molar-refractivity contribution < 1.29 is 25.2 Å². The summed E-state index contributed by atoms with van der Waals surface area (Å²) in [6.45, 7) is 0.733. The van der Waals surface area contributed by atoms with Gasteiger partial charge in [0.2, 0.25) is 0 Å². The first-order chi connectivity index (χ1) is 8.81. The maximum atomic E-state index is 11.6. The summed E-state index contributed by atoms with van der Waals surface area (Å²) >= 11 is 0. The number of nitrogens with zero attached hydrogens (tertiary/aromatic N) is 1. The van der Waals surface area contributed by atoms with Gasteiger partial charge in [0, 0.05) is 11.8 Å². The zero-order valence-corrected chi connectivity index (χ0v) is 9.98. The number of hydrogen-bond donors (Lipinski definition) is 5. The molecule has 0 bridgehead atoms. The third-order valence-electron chi connectivity index (χ3n) is 3.06. The predicted octanol–water partition coefficient (Wildman–Crippen LogP) is -3.44. The smallest absolute Gasteiger partial charge is 0.332 e. The molecular weight excluding hydrogens is 260 g/mol. The van der Waals surface area contributed by atoms with E-state index in [0.29, 0.717) is 4.57 Å². The van der Waals surface area contributed by atoms with Gasteiger partial charge in [-0.3, -0.25) is 9.78 Å². The van der Waals surface area contributed by atoms with Gasteiger partial charge >= 0.3 is 5.69 Å². The molecule has 9 heteroatoms. The molecule has 0 aromatic carbocycles. The second-order valence-electron chi connectivity index (χ2n) is 4.37. The molecule has 1 aliphatic rings. The molecule has 9 nitrogen and oxygen atoms in total. The molecule has 1 aromatic heterocycles. The number of ether oxygens (including phenoxy) is 1. The van der Waals surface area contributed by atoms with Gasteiger partial charge in [0.25, 0.3) is 11.5 Å². The maximum absolute atomic E-state index is 11.6. The molecule has 1 aliphatic heterocycles. The van der Waals surface area contributed by atoms with Crippen LogP contribution < -0.4 is 11.2 Å². The van der Waals surface area contributed by atoms with E-state index in [4.69, 9.17) is 9.84 Å². The van der Waals surface area contributed by atoms with Crippen LogP contribution in [0.1, 0.15) is 5.56 Å². The van der Waals surface area contributed by atoms with E-state index in [0.717, 1.165) is 6.20 Å². The van der Waals surface area contributed by atoms with Crippen molar-refractivity contribution in [2.24, 2.45) is 0 Å². The minimum absolute atomic E-state index is 0.103. The number of rotatable bonds is 2. The third kappa shape index (κ3) is 2.01. The molecule has 0 amide bonds. The number of nitrogens with one attached hydrogen (secondary N) is 1. The summed E-state index contributed by atoms with van der Waals surface area (Å²) in [6.07, 6.45) is -3.68. The van der Waals surface area contributed by atoms with Crippen LogP contribution in [0.3, 0.4) is 0 Å². The highest BCUT2D eigenvalue weighted by Gasteiger charge is 2.55. The monoisotopic (exact) mass is 274 g/mol. The largest absolute Gasteiger partial charge is 0.394 e. The lowest BCUT2D eigenvalue weighted by molar-refractivity contribution is -0.291. The molecule has 0 unspecified atom stereocenters. The number of aromatic amines is 1. The highest BCUT2D eigenvalue weighted by atomic mass is 16.7. The van der Waals surface area contributed by atoms with E-state index in [9.17, 15) is 24.9 Å². The van der Waals surface area contributed by atoms with Crippen LogP contribution in [0.25, 0.3) is 0 Å². The van der Waals surface area contributed by atoms with Gasteiger partial charge in [0.1, 0.15) is 12.2 Å². The zero-order chi connectivity index (χ0) is 14.4. The first kappa shape index (κ1) is 13.9. The quantitative estimate of drug-likeness (QED) is 0.377. The van der Waals surface area contributed by atoms with Crippen LogP contribution in [0, 0.1) is 6.92 Å². The van der Waals surface area contributed by atoms with Crippen molar-refractivity contribution >= 4 is 0 Å². The first-order valence-electron chi connectivity index (χ1n) is 5.51. The van der Waals surface area contributed by atoms with Crippen LogP contribution in [0.15, 0.2) is 15.8 Å². The fourth-order valence-electron chi connectivity index (χ4n) is 1.94. The molecular formula is C10H14N2O7. The van der Waals surface area contributed by atoms with E-state index < -0.39 is 42.1 Å². The Kier molecular flexibility index (Phi) is 3.32. The van der Waals surface area contributed by atoms with Gasteiger partial charge in [-0.05, 0) is 6.92 Å². The van der Waals surface area contributed by atoms with Crippen LogP contribution in [0.5, 0.6) is 0 Å². The Morgan fingerprint density at radius 1 is 1.47 bits per heavy atom. The average molecular weight is 274 g/mol. The Morgan fingerprint density at radius 2 is 2.11 bits per heavy atom. The minimum atomic E-state index is -2.56. The molecule has 0 spiro atoms. The lowest BCUT2D eigenvalue weighted by Crippen LogP contribution is -2.51. The Balaban J connectivity index is 2.55. The van der Waals surface area contributed by atoms with Gasteiger partial charge in [0.15, 0.2) is 6.10 Å². The van der Waals surface area contributed by atoms with Crippen molar-refractivity contribution in [2.45, 2.75) is 31.1 Å². The maximum Gasteiger partial charge on any atom is 0.332 e. The van der Waals surface area contributed by atoms with Gasteiger partial charge < -0.3 is 25.2 Å². The predicted molar refractivity (Wildman–Crippen MR) is 60.2 cm³/mol. The molecule has 1 saturated heterocycles. The summed E-state index contributed by atoms with van der Waals surface area (Å²) in [6, 6.07) is 0.